The van der Waals surface area contributed by atoms with E-state index in [2.05, 4.69) is 15.9 Å². The van der Waals surface area contributed by atoms with E-state index in [1.54, 1.807) is 6.08 Å². The highest BCUT2D eigenvalue weighted by molar-refractivity contribution is 9.09. The van der Waals surface area contributed by atoms with Gasteiger partial charge in [0, 0.05) is 10.9 Å². The Kier molecular flexibility index (Phi) is 3.79. The van der Waals surface area contributed by atoms with Gasteiger partial charge >= 0.3 is 5.97 Å². The molecular formula is C8H13BrO2. The van der Waals surface area contributed by atoms with Gasteiger partial charge < -0.3 is 5.11 Å². The molecule has 0 fully saturated rings. The number of carbonyl (C=O) groups is 1. The SMILES string of the molecule is CC(C)(C)C(=CCBr)C(=O)O. The Hall–Kier alpha value is -0.310. The third kappa shape index (κ3) is 3.56. The molecule has 0 aromatic heterocycles. The maximum Gasteiger partial charge on any atom is 0.331 e. The Morgan fingerprint density at radius 1 is 1.55 bits per heavy atom. The van der Waals surface area contributed by atoms with Gasteiger partial charge in [-0.3, -0.25) is 0 Å². The van der Waals surface area contributed by atoms with E-state index >= 15 is 0 Å². The number of hydrogen-bond donors (Lipinski definition) is 1. The summed E-state index contributed by atoms with van der Waals surface area (Å²) in [6.07, 6.45) is 1.68. The van der Waals surface area contributed by atoms with Crippen LogP contribution in [0.25, 0.3) is 0 Å². The molecule has 64 valence electrons. The Labute approximate surface area is 75.4 Å². The van der Waals surface area contributed by atoms with Gasteiger partial charge in [0.15, 0.2) is 0 Å². The minimum Gasteiger partial charge on any atom is -0.478 e. The lowest BCUT2D eigenvalue weighted by Gasteiger charge is -2.18. The van der Waals surface area contributed by atoms with Crippen LogP contribution in [0.4, 0.5) is 0 Å². The lowest BCUT2D eigenvalue weighted by atomic mass is 9.86. The van der Waals surface area contributed by atoms with Gasteiger partial charge in [-0.15, -0.1) is 0 Å². The molecule has 0 aliphatic rings. The highest BCUT2D eigenvalue weighted by Crippen LogP contribution is 2.25. The van der Waals surface area contributed by atoms with Crippen molar-refractivity contribution >= 4 is 21.9 Å². The third-order valence-electron chi connectivity index (χ3n) is 1.32. The first kappa shape index (κ1) is 10.7. The zero-order valence-electron chi connectivity index (χ0n) is 7.02. The van der Waals surface area contributed by atoms with E-state index in [4.69, 9.17) is 5.11 Å². The normalized spacial score (nSPS) is 13.3. The predicted octanol–water partition coefficient (Wildman–Crippen LogP) is 2.44. The Balaban J connectivity index is 4.63. The molecule has 3 heteroatoms. The second kappa shape index (κ2) is 3.90. The molecule has 0 aromatic carbocycles. The van der Waals surface area contributed by atoms with Crippen LogP contribution in [0.15, 0.2) is 11.6 Å². The van der Waals surface area contributed by atoms with Gasteiger partial charge in [0.2, 0.25) is 0 Å². The van der Waals surface area contributed by atoms with Crippen molar-refractivity contribution in [1.82, 2.24) is 0 Å². The van der Waals surface area contributed by atoms with Gasteiger partial charge in [-0.2, -0.15) is 0 Å². The molecule has 0 radical (unpaired) electrons. The van der Waals surface area contributed by atoms with E-state index in [0.29, 0.717) is 10.9 Å². The second-order valence-corrected chi connectivity index (χ2v) is 3.97. The summed E-state index contributed by atoms with van der Waals surface area (Å²) in [5.74, 6) is -0.836. The fraction of sp³-hybridized carbons (Fsp3) is 0.625. The molecule has 0 heterocycles. The zero-order valence-corrected chi connectivity index (χ0v) is 8.60. The molecule has 0 aliphatic heterocycles. The third-order valence-corrected chi connectivity index (χ3v) is 1.64. The molecule has 0 unspecified atom stereocenters. The highest BCUT2D eigenvalue weighted by atomic mass is 79.9. The van der Waals surface area contributed by atoms with Gasteiger partial charge in [-0.05, 0) is 5.41 Å². The van der Waals surface area contributed by atoms with Gasteiger partial charge in [-0.25, -0.2) is 4.79 Å². The van der Waals surface area contributed by atoms with Crippen molar-refractivity contribution in [2.24, 2.45) is 5.41 Å². The molecule has 2 nitrogen and oxygen atoms in total. The maximum absolute atomic E-state index is 10.6. The molecule has 0 atom stereocenters. The Bertz CT molecular complexity index is 177. The van der Waals surface area contributed by atoms with E-state index in [-0.39, 0.29) is 5.41 Å². The van der Waals surface area contributed by atoms with Crippen LogP contribution in [0.3, 0.4) is 0 Å². The summed E-state index contributed by atoms with van der Waals surface area (Å²) < 4.78 is 0. The standard InChI is InChI=1S/C8H13BrO2/c1-8(2,3)6(4-5-9)7(10)11/h4H,5H2,1-3H3,(H,10,11). The first-order chi connectivity index (χ1) is 4.89. The summed E-state index contributed by atoms with van der Waals surface area (Å²) in [6, 6.07) is 0. The summed E-state index contributed by atoms with van der Waals surface area (Å²) in [5.41, 5.74) is 0.175. The molecule has 0 saturated heterocycles. The van der Waals surface area contributed by atoms with Crippen LogP contribution in [0.5, 0.6) is 0 Å². The smallest absolute Gasteiger partial charge is 0.331 e. The van der Waals surface area contributed by atoms with Crippen molar-refractivity contribution in [3.8, 4) is 0 Å². The minimum atomic E-state index is -0.836. The number of halogens is 1. The molecule has 0 rings (SSSR count). The molecule has 1 N–H and O–H groups in total. The van der Waals surface area contributed by atoms with Crippen LogP contribution in [0.1, 0.15) is 20.8 Å². The van der Waals surface area contributed by atoms with E-state index in [1.165, 1.54) is 0 Å². The summed E-state index contributed by atoms with van der Waals surface area (Å²) in [5, 5.41) is 9.34. The number of alkyl halides is 1. The summed E-state index contributed by atoms with van der Waals surface area (Å²) in [4.78, 5) is 10.6. The molecule has 0 spiro atoms. The van der Waals surface area contributed by atoms with Crippen LogP contribution in [0, 0.1) is 5.41 Å². The average Bonchev–Trinajstić information content (AvgIpc) is 1.79. The predicted molar refractivity (Wildman–Crippen MR) is 49.0 cm³/mol. The van der Waals surface area contributed by atoms with Crippen molar-refractivity contribution in [2.45, 2.75) is 20.8 Å². The van der Waals surface area contributed by atoms with Crippen LogP contribution < -0.4 is 0 Å². The largest absolute Gasteiger partial charge is 0.478 e. The highest BCUT2D eigenvalue weighted by Gasteiger charge is 2.22. The van der Waals surface area contributed by atoms with Crippen LogP contribution in [-0.4, -0.2) is 16.4 Å². The van der Waals surface area contributed by atoms with Gasteiger partial charge in [0.05, 0.1) is 0 Å². The van der Waals surface area contributed by atoms with Gasteiger partial charge in [-0.1, -0.05) is 42.8 Å². The Morgan fingerprint density at radius 3 is 2.09 bits per heavy atom. The van der Waals surface area contributed by atoms with Crippen LogP contribution in [-0.2, 0) is 4.79 Å². The van der Waals surface area contributed by atoms with E-state index in [9.17, 15) is 4.79 Å². The van der Waals surface area contributed by atoms with Crippen LogP contribution >= 0.6 is 15.9 Å². The molecule has 0 saturated carbocycles. The number of carboxylic acids is 1. The summed E-state index contributed by atoms with van der Waals surface area (Å²) >= 11 is 3.17. The van der Waals surface area contributed by atoms with Crippen molar-refractivity contribution in [3.63, 3.8) is 0 Å². The average molecular weight is 221 g/mol. The van der Waals surface area contributed by atoms with E-state index in [0.717, 1.165) is 0 Å². The second-order valence-electron chi connectivity index (χ2n) is 3.33. The first-order valence-electron chi connectivity index (χ1n) is 3.39. The fourth-order valence-electron chi connectivity index (χ4n) is 0.791. The summed E-state index contributed by atoms with van der Waals surface area (Å²) in [7, 11) is 0. The van der Waals surface area contributed by atoms with Crippen LogP contribution in [0.2, 0.25) is 0 Å². The zero-order chi connectivity index (χ0) is 9.07. The summed E-state index contributed by atoms with van der Waals surface area (Å²) in [6.45, 7) is 5.65. The minimum absolute atomic E-state index is 0.278. The molecule has 0 aromatic rings. The Morgan fingerprint density at radius 2 is 2.00 bits per heavy atom. The van der Waals surface area contributed by atoms with Crippen molar-refractivity contribution < 1.29 is 9.90 Å². The lowest BCUT2D eigenvalue weighted by molar-refractivity contribution is -0.133. The first-order valence-corrected chi connectivity index (χ1v) is 4.51. The van der Waals surface area contributed by atoms with Gasteiger partial charge in [0.25, 0.3) is 0 Å². The molecule has 0 aliphatic carbocycles. The lowest BCUT2D eigenvalue weighted by Crippen LogP contribution is -2.17. The number of carboxylic acid groups (broad SMARTS) is 1. The number of allylic oxidation sites excluding steroid dienone is 1. The fourth-order valence-corrected chi connectivity index (χ4v) is 1.12. The number of rotatable bonds is 2. The number of aliphatic carboxylic acids is 1. The van der Waals surface area contributed by atoms with Crippen molar-refractivity contribution in [1.29, 1.82) is 0 Å². The van der Waals surface area contributed by atoms with E-state index < -0.39 is 5.97 Å². The maximum atomic E-state index is 10.6. The number of hydrogen-bond acceptors (Lipinski definition) is 1. The molecule has 11 heavy (non-hydrogen) atoms. The van der Waals surface area contributed by atoms with Crippen molar-refractivity contribution in [3.05, 3.63) is 11.6 Å². The van der Waals surface area contributed by atoms with Gasteiger partial charge in [0.1, 0.15) is 0 Å². The van der Waals surface area contributed by atoms with Crippen molar-refractivity contribution in [2.75, 3.05) is 5.33 Å². The van der Waals surface area contributed by atoms with E-state index in [1.807, 2.05) is 20.8 Å². The topological polar surface area (TPSA) is 37.3 Å². The molecule has 0 amide bonds. The quantitative estimate of drug-likeness (QED) is 0.574. The molecule has 0 bridgehead atoms. The molecular weight excluding hydrogens is 208 g/mol. The monoisotopic (exact) mass is 220 g/mol.